The number of carbonyl (C=O) groups excluding carboxylic acids is 1. The van der Waals surface area contributed by atoms with E-state index in [-0.39, 0.29) is 31.1 Å². The SMILES string of the molecule is O=C(OCCOCCOCCOCCOCCOCCO)c1ccccc1Nc1cccc(C(F)(F)F)c1. The van der Waals surface area contributed by atoms with Crippen LogP contribution in [0.1, 0.15) is 15.9 Å². The highest BCUT2D eigenvalue weighted by Gasteiger charge is 2.30. The van der Waals surface area contributed by atoms with Crippen molar-refractivity contribution in [3.05, 3.63) is 59.7 Å². The molecule has 2 rings (SSSR count). The molecule has 0 aliphatic rings. The smallest absolute Gasteiger partial charge is 0.416 e. The molecule has 0 aliphatic heterocycles. The maximum Gasteiger partial charge on any atom is 0.416 e. The van der Waals surface area contributed by atoms with Crippen molar-refractivity contribution >= 4 is 17.3 Å². The second-order valence-electron chi connectivity index (χ2n) is 7.67. The molecule has 0 heterocycles. The Labute approximate surface area is 219 Å². The predicted octanol–water partition coefficient (Wildman–Crippen LogP) is 3.68. The van der Waals surface area contributed by atoms with E-state index in [1.165, 1.54) is 18.2 Å². The number of nitrogens with one attached hydrogen (secondary N) is 1. The number of hydrogen-bond acceptors (Lipinski definition) is 9. The molecule has 0 radical (unpaired) electrons. The quantitative estimate of drug-likeness (QED) is 0.190. The van der Waals surface area contributed by atoms with Gasteiger partial charge in [0.05, 0.1) is 89.5 Å². The molecule has 0 bridgehead atoms. The summed E-state index contributed by atoms with van der Waals surface area (Å²) in [5, 5.41) is 11.4. The van der Waals surface area contributed by atoms with E-state index in [2.05, 4.69) is 5.32 Å². The van der Waals surface area contributed by atoms with Crippen LogP contribution < -0.4 is 5.32 Å². The maximum atomic E-state index is 13.0. The summed E-state index contributed by atoms with van der Waals surface area (Å²) in [5.41, 5.74) is -0.0814. The highest BCUT2D eigenvalue weighted by molar-refractivity contribution is 5.96. The van der Waals surface area contributed by atoms with Crippen molar-refractivity contribution in [3.63, 3.8) is 0 Å². The van der Waals surface area contributed by atoms with Crippen LogP contribution in [0.2, 0.25) is 0 Å². The molecule has 0 saturated carbocycles. The Morgan fingerprint density at radius 1 is 0.711 bits per heavy atom. The zero-order valence-electron chi connectivity index (χ0n) is 21.0. The molecule has 0 unspecified atom stereocenters. The van der Waals surface area contributed by atoms with Crippen LogP contribution in [0.15, 0.2) is 48.5 Å². The molecule has 0 fully saturated rings. The molecular formula is C26H34F3NO8. The van der Waals surface area contributed by atoms with Gasteiger partial charge < -0.3 is 38.8 Å². The van der Waals surface area contributed by atoms with Gasteiger partial charge in [-0.05, 0) is 30.3 Å². The number of carbonyl (C=O) groups is 1. The summed E-state index contributed by atoms with van der Waals surface area (Å²) in [6.07, 6.45) is -4.47. The molecular weight excluding hydrogens is 511 g/mol. The van der Waals surface area contributed by atoms with Crippen LogP contribution >= 0.6 is 0 Å². The molecule has 0 aliphatic carbocycles. The van der Waals surface area contributed by atoms with Gasteiger partial charge in [0, 0.05) is 5.69 Å². The first-order valence-electron chi connectivity index (χ1n) is 12.1. The molecule has 38 heavy (non-hydrogen) atoms. The van der Waals surface area contributed by atoms with Crippen molar-refractivity contribution in [2.24, 2.45) is 0 Å². The normalized spacial score (nSPS) is 11.5. The van der Waals surface area contributed by atoms with E-state index >= 15 is 0 Å². The largest absolute Gasteiger partial charge is 0.460 e. The topological polar surface area (TPSA) is 105 Å². The lowest BCUT2D eigenvalue weighted by Crippen LogP contribution is -2.15. The first-order valence-corrected chi connectivity index (χ1v) is 12.1. The van der Waals surface area contributed by atoms with Crippen molar-refractivity contribution in [2.75, 3.05) is 84.6 Å². The van der Waals surface area contributed by atoms with Crippen molar-refractivity contribution in [3.8, 4) is 0 Å². The van der Waals surface area contributed by atoms with Gasteiger partial charge in [-0.3, -0.25) is 0 Å². The van der Waals surface area contributed by atoms with Gasteiger partial charge in [-0.25, -0.2) is 4.79 Å². The van der Waals surface area contributed by atoms with Crippen LogP contribution in [0.5, 0.6) is 0 Å². The molecule has 0 aromatic heterocycles. The van der Waals surface area contributed by atoms with Gasteiger partial charge >= 0.3 is 12.1 Å². The van der Waals surface area contributed by atoms with Crippen LogP contribution in [0.25, 0.3) is 0 Å². The molecule has 0 saturated heterocycles. The molecule has 0 spiro atoms. The van der Waals surface area contributed by atoms with E-state index in [4.69, 9.17) is 33.5 Å². The Morgan fingerprint density at radius 2 is 1.24 bits per heavy atom. The number of para-hydroxylation sites is 1. The van der Waals surface area contributed by atoms with Gasteiger partial charge in [0.2, 0.25) is 0 Å². The fourth-order valence-corrected chi connectivity index (χ4v) is 3.02. The van der Waals surface area contributed by atoms with E-state index in [9.17, 15) is 18.0 Å². The van der Waals surface area contributed by atoms with Gasteiger partial charge in [0.25, 0.3) is 0 Å². The fraction of sp³-hybridized carbons (Fsp3) is 0.500. The summed E-state index contributed by atoms with van der Waals surface area (Å²) in [6, 6.07) is 11.1. The molecule has 2 aromatic carbocycles. The number of hydrogen-bond donors (Lipinski definition) is 2. The lowest BCUT2D eigenvalue weighted by Gasteiger charge is -2.13. The second-order valence-corrected chi connectivity index (χ2v) is 7.67. The van der Waals surface area contributed by atoms with E-state index in [0.29, 0.717) is 65.1 Å². The minimum atomic E-state index is -4.47. The molecule has 12 heteroatoms. The summed E-state index contributed by atoms with van der Waals surface area (Å²) in [7, 11) is 0. The Kier molecular flexibility index (Phi) is 15.3. The number of rotatable bonds is 20. The summed E-state index contributed by atoms with van der Waals surface area (Å²) >= 11 is 0. The third kappa shape index (κ3) is 13.2. The van der Waals surface area contributed by atoms with Crippen molar-refractivity contribution in [1.82, 2.24) is 0 Å². The standard InChI is InChI=1S/C26H34F3NO8/c27-26(28,29)21-4-3-5-22(20-21)30-24-7-2-1-6-23(24)25(32)38-19-18-37-17-16-36-15-14-35-13-12-34-11-10-33-9-8-31/h1-7,20,30-31H,8-19H2. The third-order valence-electron chi connectivity index (χ3n) is 4.80. The van der Waals surface area contributed by atoms with E-state index in [1.807, 2.05) is 0 Å². The first kappa shape index (κ1) is 31.5. The molecule has 9 nitrogen and oxygen atoms in total. The van der Waals surface area contributed by atoms with Crippen molar-refractivity contribution in [1.29, 1.82) is 0 Å². The predicted molar refractivity (Wildman–Crippen MR) is 133 cm³/mol. The molecule has 2 aromatic rings. The van der Waals surface area contributed by atoms with Crippen LogP contribution in [0.3, 0.4) is 0 Å². The average Bonchev–Trinajstić information content (AvgIpc) is 2.90. The van der Waals surface area contributed by atoms with Crippen LogP contribution in [-0.2, 0) is 34.6 Å². The van der Waals surface area contributed by atoms with E-state index in [1.54, 1.807) is 18.2 Å². The number of benzene rings is 2. The average molecular weight is 546 g/mol. The number of ether oxygens (including phenoxy) is 6. The third-order valence-corrected chi connectivity index (χ3v) is 4.80. The minimum Gasteiger partial charge on any atom is -0.460 e. The van der Waals surface area contributed by atoms with Gasteiger partial charge in [0.15, 0.2) is 0 Å². The van der Waals surface area contributed by atoms with Gasteiger partial charge in [0.1, 0.15) is 6.61 Å². The number of anilines is 2. The molecule has 0 atom stereocenters. The van der Waals surface area contributed by atoms with Crippen molar-refractivity contribution in [2.45, 2.75) is 6.18 Å². The molecule has 212 valence electrons. The Hall–Kier alpha value is -2.74. The lowest BCUT2D eigenvalue weighted by molar-refractivity contribution is -0.137. The monoisotopic (exact) mass is 545 g/mol. The highest BCUT2D eigenvalue weighted by Crippen LogP contribution is 2.32. The number of halogens is 3. The summed E-state index contributed by atoms with van der Waals surface area (Å²) in [6.45, 7) is 3.66. The summed E-state index contributed by atoms with van der Waals surface area (Å²) < 4.78 is 70.6. The number of alkyl halides is 3. The molecule has 2 N–H and O–H groups in total. The number of aliphatic hydroxyl groups is 1. The second kappa shape index (κ2) is 18.5. The zero-order valence-corrected chi connectivity index (χ0v) is 21.0. The number of aliphatic hydroxyl groups excluding tert-OH is 1. The van der Waals surface area contributed by atoms with Crippen LogP contribution in [-0.4, -0.2) is 90.4 Å². The Bertz CT molecular complexity index is 929. The summed E-state index contributed by atoms with van der Waals surface area (Å²) in [5.74, 6) is -0.626. The Balaban J connectivity index is 1.55. The summed E-state index contributed by atoms with van der Waals surface area (Å²) in [4.78, 5) is 12.5. The van der Waals surface area contributed by atoms with Gasteiger partial charge in [-0.2, -0.15) is 13.2 Å². The van der Waals surface area contributed by atoms with Crippen molar-refractivity contribution < 1.29 is 51.5 Å². The fourth-order valence-electron chi connectivity index (χ4n) is 3.02. The Morgan fingerprint density at radius 3 is 1.79 bits per heavy atom. The van der Waals surface area contributed by atoms with Gasteiger partial charge in [-0.1, -0.05) is 18.2 Å². The van der Waals surface area contributed by atoms with E-state index in [0.717, 1.165) is 12.1 Å². The van der Waals surface area contributed by atoms with E-state index < -0.39 is 17.7 Å². The first-order chi connectivity index (χ1) is 18.4. The van der Waals surface area contributed by atoms with Crippen LogP contribution in [0.4, 0.5) is 24.5 Å². The highest BCUT2D eigenvalue weighted by atomic mass is 19.4. The zero-order chi connectivity index (χ0) is 27.5. The maximum absolute atomic E-state index is 13.0. The minimum absolute atomic E-state index is 0.00484. The van der Waals surface area contributed by atoms with Gasteiger partial charge in [-0.15, -0.1) is 0 Å². The lowest BCUT2D eigenvalue weighted by atomic mass is 10.1. The van der Waals surface area contributed by atoms with Crippen LogP contribution in [0, 0.1) is 0 Å². The number of esters is 1. The molecule has 0 amide bonds.